The third-order valence-corrected chi connectivity index (χ3v) is 6.15. The van der Waals surface area contributed by atoms with Gasteiger partial charge in [-0.3, -0.25) is 9.55 Å². The molecule has 0 saturated carbocycles. The van der Waals surface area contributed by atoms with Crippen LogP contribution in [0.5, 0.6) is 0 Å². The molecule has 5 heteroatoms. The van der Waals surface area contributed by atoms with Crippen LogP contribution in [0.2, 0.25) is 0 Å². The molecular weight excluding hydrogens is 424 g/mol. The number of benzene rings is 3. The van der Waals surface area contributed by atoms with Crippen molar-refractivity contribution in [1.82, 2.24) is 9.55 Å². The maximum Gasteiger partial charge on any atom is 0.215 e. The van der Waals surface area contributed by atoms with Gasteiger partial charge in [0.1, 0.15) is 0 Å². The van der Waals surface area contributed by atoms with E-state index in [1.54, 1.807) is 17.5 Å². The van der Waals surface area contributed by atoms with E-state index in [-0.39, 0.29) is 0 Å². The highest BCUT2D eigenvalue weighted by Gasteiger charge is 2.11. The fraction of sp³-hybridized carbons (Fsp3) is 0.0357. The van der Waals surface area contributed by atoms with E-state index in [2.05, 4.69) is 85.8 Å². The van der Waals surface area contributed by atoms with E-state index in [4.69, 9.17) is 0 Å². The van der Waals surface area contributed by atoms with Crippen LogP contribution in [-0.2, 0) is 0 Å². The Balaban J connectivity index is 1.58. The number of para-hydroxylation sites is 1. The fourth-order valence-electron chi connectivity index (χ4n) is 3.62. The van der Waals surface area contributed by atoms with Crippen molar-refractivity contribution in [3.05, 3.63) is 125 Å². The van der Waals surface area contributed by atoms with Crippen LogP contribution in [-0.4, -0.2) is 15.3 Å². The number of aromatic nitrogens is 2. The monoisotopic (exact) mass is 446 g/mol. The Bertz CT molecular complexity index is 1430. The smallest absolute Gasteiger partial charge is 0.215 e. The first-order valence-electron chi connectivity index (χ1n) is 10.7. The Morgan fingerprint density at radius 3 is 2.06 bits per heavy atom. The van der Waals surface area contributed by atoms with Crippen molar-refractivity contribution >= 4 is 17.0 Å². The van der Waals surface area contributed by atoms with Gasteiger partial charge in [-0.25, -0.2) is 0 Å². The summed E-state index contributed by atoms with van der Waals surface area (Å²) in [6.07, 6.45) is 1.76. The molecule has 0 aliphatic rings. The second-order valence-electron chi connectivity index (χ2n) is 7.52. The van der Waals surface area contributed by atoms with Crippen molar-refractivity contribution in [2.75, 3.05) is 0 Å². The fourth-order valence-corrected chi connectivity index (χ4v) is 4.47. The molecule has 5 rings (SSSR count). The average molecular weight is 447 g/mol. The van der Waals surface area contributed by atoms with Crippen molar-refractivity contribution in [2.24, 2.45) is 10.2 Å². The summed E-state index contributed by atoms with van der Waals surface area (Å²) < 4.78 is 2.15. The van der Waals surface area contributed by atoms with E-state index in [0.29, 0.717) is 0 Å². The average Bonchev–Trinajstić information content (AvgIpc) is 3.33. The normalized spacial score (nSPS) is 12.2. The SMILES string of the molecule is C/C(=N\N=c1/scc(-c2ccc(-c3ccccc3)cc2)n1-c1ccccc1)c1ccccn1. The summed E-state index contributed by atoms with van der Waals surface area (Å²) >= 11 is 1.57. The van der Waals surface area contributed by atoms with Gasteiger partial charge in [-0.15, -0.1) is 16.4 Å². The van der Waals surface area contributed by atoms with Gasteiger partial charge in [0.25, 0.3) is 0 Å². The summed E-state index contributed by atoms with van der Waals surface area (Å²) in [5.74, 6) is 0. The van der Waals surface area contributed by atoms with E-state index in [1.165, 1.54) is 11.1 Å². The lowest BCUT2D eigenvalue weighted by Crippen LogP contribution is -2.13. The van der Waals surface area contributed by atoms with E-state index >= 15 is 0 Å². The number of hydrogen-bond donors (Lipinski definition) is 0. The zero-order chi connectivity index (χ0) is 22.5. The number of thiazole rings is 1. The lowest BCUT2D eigenvalue weighted by molar-refractivity contribution is 0.969. The number of nitrogens with zero attached hydrogens (tertiary/aromatic N) is 4. The van der Waals surface area contributed by atoms with Crippen LogP contribution in [0.15, 0.2) is 125 Å². The highest BCUT2D eigenvalue weighted by molar-refractivity contribution is 7.07. The first-order valence-corrected chi connectivity index (χ1v) is 11.6. The van der Waals surface area contributed by atoms with Gasteiger partial charge < -0.3 is 0 Å². The number of hydrogen-bond acceptors (Lipinski definition) is 4. The maximum absolute atomic E-state index is 4.60. The summed E-state index contributed by atoms with van der Waals surface area (Å²) in [6.45, 7) is 1.93. The van der Waals surface area contributed by atoms with Crippen molar-refractivity contribution in [2.45, 2.75) is 6.92 Å². The molecule has 0 aliphatic carbocycles. The second kappa shape index (κ2) is 9.59. The van der Waals surface area contributed by atoms with Gasteiger partial charge in [0.15, 0.2) is 0 Å². The number of rotatable bonds is 5. The molecule has 0 unspecified atom stereocenters. The molecular formula is C28H22N4S. The van der Waals surface area contributed by atoms with Gasteiger partial charge in [0.05, 0.1) is 17.1 Å². The summed E-state index contributed by atoms with van der Waals surface area (Å²) in [6, 6.07) is 35.1. The first kappa shape index (κ1) is 20.8. The molecule has 0 N–H and O–H groups in total. The lowest BCUT2D eigenvalue weighted by Gasteiger charge is -2.10. The maximum atomic E-state index is 4.60. The Hall–Kier alpha value is -4.09. The zero-order valence-corrected chi connectivity index (χ0v) is 19.0. The summed E-state index contributed by atoms with van der Waals surface area (Å²) in [7, 11) is 0. The Morgan fingerprint density at radius 1 is 0.727 bits per heavy atom. The molecule has 2 heterocycles. The van der Waals surface area contributed by atoms with Gasteiger partial charge in [-0.1, -0.05) is 78.9 Å². The van der Waals surface area contributed by atoms with E-state index in [1.807, 2.05) is 49.4 Å². The molecule has 4 nitrogen and oxygen atoms in total. The summed E-state index contributed by atoms with van der Waals surface area (Å²) in [4.78, 5) is 5.17. The Kier molecular flexibility index (Phi) is 6.04. The minimum atomic E-state index is 0.775. The third-order valence-electron chi connectivity index (χ3n) is 5.33. The molecule has 0 fully saturated rings. The minimum absolute atomic E-state index is 0.775. The molecule has 0 spiro atoms. The zero-order valence-electron chi connectivity index (χ0n) is 18.2. The quantitative estimate of drug-likeness (QED) is 0.222. The van der Waals surface area contributed by atoms with Crippen molar-refractivity contribution in [3.8, 4) is 28.1 Å². The van der Waals surface area contributed by atoms with Crippen molar-refractivity contribution in [3.63, 3.8) is 0 Å². The van der Waals surface area contributed by atoms with E-state index in [0.717, 1.165) is 33.2 Å². The van der Waals surface area contributed by atoms with Crippen LogP contribution >= 0.6 is 11.3 Å². The molecule has 5 aromatic rings. The van der Waals surface area contributed by atoms with Crippen LogP contribution in [0.4, 0.5) is 0 Å². The molecule has 0 radical (unpaired) electrons. The van der Waals surface area contributed by atoms with Crippen molar-refractivity contribution < 1.29 is 0 Å². The van der Waals surface area contributed by atoms with Gasteiger partial charge in [-0.05, 0) is 47.9 Å². The van der Waals surface area contributed by atoms with Gasteiger partial charge in [0.2, 0.25) is 4.80 Å². The van der Waals surface area contributed by atoms with Gasteiger partial charge >= 0.3 is 0 Å². The molecule has 0 aliphatic heterocycles. The van der Waals surface area contributed by atoms with Crippen LogP contribution < -0.4 is 4.80 Å². The molecule has 3 aromatic carbocycles. The second-order valence-corrected chi connectivity index (χ2v) is 8.35. The molecule has 160 valence electrons. The van der Waals surface area contributed by atoms with Crippen LogP contribution in [0, 0.1) is 0 Å². The largest absolute Gasteiger partial charge is 0.284 e. The number of pyridine rings is 1. The topological polar surface area (TPSA) is 42.5 Å². The van der Waals surface area contributed by atoms with E-state index < -0.39 is 0 Å². The molecule has 33 heavy (non-hydrogen) atoms. The van der Waals surface area contributed by atoms with Gasteiger partial charge in [0, 0.05) is 17.3 Å². The van der Waals surface area contributed by atoms with Crippen LogP contribution in [0.1, 0.15) is 12.6 Å². The molecule has 0 saturated heterocycles. The highest BCUT2D eigenvalue weighted by Crippen LogP contribution is 2.27. The van der Waals surface area contributed by atoms with Crippen LogP contribution in [0.25, 0.3) is 28.1 Å². The highest BCUT2D eigenvalue weighted by atomic mass is 32.1. The third kappa shape index (κ3) is 4.59. The lowest BCUT2D eigenvalue weighted by atomic mass is 10.0. The molecule has 0 atom stereocenters. The predicted molar refractivity (Wildman–Crippen MR) is 137 cm³/mol. The Labute approximate surface area is 196 Å². The molecule has 0 amide bonds. The van der Waals surface area contributed by atoms with Gasteiger partial charge in [-0.2, -0.15) is 5.10 Å². The minimum Gasteiger partial charge on any atom is -0.284 e. The first-order chi connectivity index (χ1) is 16.3. The Morgan fingerprint density at radius 2 is 1.36 bits per heavy atom. The van der Waals surface area contributed by atoms with Crippen molar-refractivity contribution in [1.29, 1.82) is 0 Å². The van der Waals surface area contributed by atoms with Crippen LogP contribution in [0.3, 0.4) is 0 Å². The van der Waals surface area contributed by atoms with E-state index in [9.17, 15) is 0 Å². The summed E-state index contributed by atoms with van der Waals surface area (Å²) in [5.41, 5.74) is 7.25. The molecule has 2 aromatic heterocycles. The predicted octanol–water partition coefficient (Wildman–Crippen LogP) is 6.59. The molecule has 0 bridgehead atoms. The summed E-state index contributed by atoms with van der Waals surface area (Å²) in [5, 5.41) is 11.2. The standard InChI is InChI=1S/C28H22N4S/c1-21(26-14-8-9-19-29-26)30-31-28-32(25-12-6-3-7-13-25)27(20-33-28)24-17-15-23(16-18-24)22-10-4-2-5-11-22/h2-20H,1H3/b30-21+,31-28-.